The van der Waals surface area contributed by atoms with Gasteiger partial charge in [-0.05, 0) is 57.7 Å². The van der Waals surface area contributed by atoms with Crippen LogP contribution in [0.2, 0.25) is 0 Å². The van der Waals surface area contributed by atoms with Gasteiger partial charge in [-0.2, -0.15) is 0 Å². The van der Waals surface area contributed by atoms with Gasteiger partial charge >= 0.3 is 0 Å². The predicted octanol–water partition coefficient (Wildman–Crippen LogP) is 3.07. The van der Waals surface area contributed by atoms with E-state index in [1.54, 1.807) is 6.07 Å². The molecule has 1 aromatic rings. The molecule has 0 heterocycles. The lowest BCUT2D eigenvalue weighted by Gasteiger charge is -2.39. The minimum atomic E-state index is -0.191. The Balaban J connectivity index is 2.09. The zero-order chi connectivity index (χ0) is 15.5. The number of nitrogens with one attached hydrogen (secondary N) is 1. The van der Waals surface area contributed by atoms with Gasteiger partial charge in [-0.3, -0.25) is 0 Å². The van der Waals surface area contributed by atoms with Crippen LogP contribution in [0.1, 0.15) is 45.6 Å². The van der Waals surface area contributed by atoms with Crippen molar-refractivity contribution in [2.75, 3.05) is 18.1 Å². The van der Waals surface area contributed by atoms with Gasteiger partial charge in [0, 0.05) is 24.7 Å². The van der Waals surface area contributed by atoms with Crippen LogP contribution in [0.15, 0.2) is 18.2 Å². The summed E-state index contributed by atoms with van der Waals surface area (Å²) in [5.41, 5.74) is 1.58. The summed E-state index contributed by atoms with van der Waals surface area (Å²) in [6.07, 6.45) is 3.38. The molecule has 2 N–H and O–H groups in total. The van der Waals surface area contributed by atoms with Gasteiger partial charge in [0.1, 0.15) is 5.82 Å². The molecule has 0 amide bonds. The molecular weight excluding hydrogens is 267 g/mol. The van der Waals surface area contributed by atoms with Crippen LogP contribution in [0.25, 0.3) is 0 Å². The fraction of sp³-hybridized carbons (Fsp3) is 0.647. The van der Waals surface area contributed by atoms with E-state index < -0.39 is 0 Å². The summed E-state index contributed by atoms with van der Waals surface area (Å²) in [5, 5.41) is 12.6. The molecule has 4 heteroatoms. The lowest BCUT2D eigenvalue weighted by atomic mass is 9.91. The number of benzene rings is 1. The van der Waals surface area contributed by atoms with Gasteiger partial charge in [0.15, 0.2) is 0 Å². The minimum Gasteiger partial charge on any atom is -0.395 e. The van der Waals surface area contributed by atoms with Gasteiger partial charge in [0.25, 0.3) is 0 Å². The maximum Gasteiger partial charge on any atom is 0.146 e. The first-order valence-electron chi connectivity index (χ1n) is 7.81. The summed E-state index contributed by atoms with van der Waals surface area (Å²) >= 11 is 0. The number of rotatable bonds is 6. The number of hydrogen-bond donors (Lipinski definition) is 2. The molecule has 21 heavy (non-hydrogen) atoms. The first-order valence-corrected chi connectivity index (χ1v) is 7.81. The Bertz CT molecular complexity index is 466. The Kier molecular flexibility index (Phi) is 5.22. The predicted molar refractivity (Wildman–Crippen MR) is 85.1 cm³/mol. The topological polar surface area (TPSA) is 35.5 Å². The van der Waals surface area contributed by atoms with Crippen LogP contribution in [-0.4, -0.2) is 29.8 Å². The van der Waals surface area contributed by atoms with Crippen molar-refractivity contribution in [3.05, 3.63) is 29.6 Å². The zero-order valence-corrected chi connectivity index (χ0v) is 13.3. The van der Waals surface area contributed by atoms with Crippen molar-refractivity contribution in [1.82, 2.24) is 5.32 Å². The summed E-state index contributed by atoms with van der Waals surface area (Å²) in [7, 11) is 0. The Labute approximate surface area is 127 Å². The largest absolute Gasteiger partial charge is 0.395 e. The van der Waals surface area contributed by atoms with E-state index in [2.05, 4.69) is 26.1 Å². The molecule has 0 aromatic heterocycles. The van der Waals surface area contributed by atoms with E-state index in [0.29, 0.717) is 24.8 Å². The molecule has 1 fully saturated rings. The first kappa shape index (κ1) is 16.2. The van der Waals surface area contributed by atoms with E-state index in [1.807, 2.05) is 17.0 Å². The van der Waals surface area contributed by atoms with E-state index in [4.69, 9.17) is 0 Å². The Morgan fingerprint density at radius 2 is 2.05 bits per heavy atom. The molecule has 3 nitrogen and oxygen atoms in total. The number of aliphatic hydroxyl groups is 1. The van der Waals surface area contributed by atoms with Crippen molar-refractivity contribution in [2.24, 2.45) is 0 Å². The number of nitrogens with zero attached hydrogens (tertiary/aromatic N) is 1. The van der Waals surface area contributed by atoms with Gasteiger partial charge in [-0.15, -0.1) is 0 Å². The van der Waals surface area contributed by atoms with Gasteiger partial charge in [0.2, 0.25) is 0 Å². The van der Waals surface area contributed by atoms with Crippen molar-refractivity contribution < 1.29 is 9.50 Å². The molecule has 0 aliphatic heterocycles. The highest BCUT2D eigenvalue weighted by Crippen LogP contribution is 2.31. The Hall–Kier alpha value is -1.13. The number of hydrogen-bond acceptors (Lipinski definition) is 3. The lowest BCUT2D eigenvalue weighted by molar-refractivity contribution is 0.282. The van der Waals surface area contributed by atoms with Crippen molar-refractivity contribution in [2.45, 2.75) is 58.2 Å². The molecule has 0 radical (unpaired) electrons. The van der Waals surface area contributed by atoms with Crippen LogP contribution in [0, 0.1) is 5.82 Å². The number of aliphatic hydroxyl groups excluding tert-OH is 1. The highest BCUT2D eigenvalue weighted by atomic mass is 19.1. The molecule has 1 saturated carbocycles. The third-order valence-corrected chi connectivity index (χ3v) is 4.00. The van der Waals surface area contributed by atoms with Crippen LogP contribution >= 0.6 is 0 Å². The van der Waals surface area contributed by atoms with Crippen molar-refractivity contribution in [3.63, 3.8) is 0 Å². The Morgan fingerprint density at radius 3 is 2.52 bits per heavy atom. The van der Waals surface area contributed by atoms with E-state index >= 15 is 0 Å². The van der Waals surface area contributed by atoms with Crippen molar-refractivity contribution in [3.8, 4) is 0 Å². The average Bonchev–Trinajstić information content (AvgIpc) is 2.33. The lowest BCUT2D eigenvalue weighted by Crippen LogP contribution is -2.42. The van der Waals surface area contributed by atoms with Crippen LogP contribution in [0.3, 0.4) is 0 Å². The molecule has 0 saturated heterocycles. The quantitative estimate of drug-likeness (QED) is 0.846. The normalized spacial score (nSPS) is 15.9. The maximum absolute atomic E-state index is 14.4. The monoisotopic (exact) mass is 294 g/mol. The van der Waals surface area contributed by atoms with E-state index in [9.17, 15) is 9.50 Å². The summed E-state index contributed by atoms with van der Waals surface area (Å²) in [4.78, 5) is 2.01. The van der Waals surface area contributed by atoms with E-state index in [0.717, 1.165) is 18.4 Å². The van der Waals surface area contributed by atoms with Crippen LogP contribution in [-0.2, 0) is 6.54 Å². The highest BCUT2D eigenvalue weighted by Gasteiger charge is 2.26. The molecule has 1 aromatic carbocycles. The first-order chi connectivity index (χ1) is 9.90. The molecule has 1 aliphatic rings. The van der Waals surface area contributed by atoms with E-state index in [-0.39, 0.29) is 18.0 Å². The second-order valence-electron chi connectivity index (χ2n) is 6.89. The molecule has 2 rings (SSSR count). The summed E-state index contributed by atoms with van der Waals surface area (Å²) < 4.78 is 14.4. The smallest absolute Gasteiger partial charge is 0.146 e. The van der Waals surface area contributed by atoms with Gasteiger partial charge in [-0.25, -0.2) is 4.39 Å². The van der Waals surface area contributed by atoms with Crippen LogP contribution in [0.5, 0.6) is 0 Å². The molecule has 0 atom stereocenters. The van der Waals surface area contributed by atoms with Gasteiger partial charge in [-0.1, -0.05) is 6.07 Å². The number of anilines is 1. The third-order valence-electron chi connectivity index (χ3n) is 4.00. The molecule has 0 unspecified atom stereocenters. The van der Waals surface area contributed by atoms with Crippen LogP contribution < -0.4 is 10.2 Å². The average molecular weight is 294 g/mol. The molecule has 0 spiro atoms. The molecule has 1 aliphatic carbocycles. The van der Waals surface area contributed by atoms with Gasteiger partial charge in [0.05, 0.1) is 12.3 Å². The fourth-order valence-electron chi connectivity index (χ4n) is 2.57. The molecule has 118 valence electrons. The zero-order valence-electron chi connectivity index (χ0n) is 13.3. The number of halogens is 1. The second-order valence-corrected chi connectivity index (χ2v) is 6.89. The summed E-state index contributed by atoms with van der Waals surface area (Å²) in [6.45, 7) is 7.50. The minimum absolute atomic E-state index is 0.0179. The van der Waals surface area contributed by atoms with Crippen molar-refractivity contribution >= 4 is 5.69 Å². The maximum atomic E-state index is 14.4. The van der Waals surface area contributed by atoms with Crippen molar-refractivity contribution in [1.29, 1.82) is 0 Å². The second kappa shape index (κ2) is 6.75. The summed E-state index contributed by atoms with van der Waals surface area (Å²) in [6, 6.07) is 5.81. The standard InChI is InChI=1S/C17H27FN2O/c1-17(2,3)19-12-13-7-8-16(15(18)11-13)20(9-10-21)14-5-4-6-14/h7-8,11,14,19,21H,4-6,9-10,12H2,1-3H3. The third kappa shape index (κ3) is 4.42. The SMILES string of the molecule is CC(C)(C)NCc1ccc(N(CCO)C2CCC2)c(F)c1. The van der Waals surface area contributed by atoms with Crippen LogP contribution in [0.4, 0.5) is 10.1 Å². The molecule has 0 bridgehead atoms. The Morgan fingerprint density at radius 1 is 1.33 bits per heavy atom. The van der Waals surface area contributed by atoms with Gasteiger partial charge < -0.3 is 15.3 Å². The summed E-state index contributed by atoms with van der Waals surface area (Å²) in [5.74, 6) is -0.191. The fourth-order valence-corrected chi connectivity index (χ4v) is 2.57. The highest BCUT2D eigenvalue weighted by molar-refractivity contribution is 5.50. The van der Waals surface area contributed by atoms with E-state index in [1.165, 1.54) is 6.42 Å². The molecular formula is C17H27FN2O.